The number of carbonyl (C=O) groups excluding carboxylic acids is 1. The zero-order valence-electron chi connectivity index (χ0n) is 11.5. The third-order valence-electron chi connectivity index (χ3n) is 4.03. The van der Waals surface area contributed by atoms with Crippen molar-refractivity contribution < 1.29 is 4.79 Å². The van der Waals surface area contributed by atoms with E-state index in [1.807, 2.05) is 31.0 Å². The fraction of sp³-hybridized carbons (Fsp3) is 0.533. The number of aryl methyl sites for hydroxylation is 1. The largest absolute Gasteiger partial charge is 0.339 e. The molecule has 2 rings (SSSR count). The molecular formula is C15H21ClN2O. The molecular weight excluding hydrogens is 260 g/mol. The van der Waals surface area contributed by atoms with Crippen LogP contribution in [0.1, 0.15) is 41.6 Å². The third kappa shape index (κ3) is 3.10. The van der Waals surface area contributed by atoms with Crippen LogP contribution in [0, 0.1) is 6.92 Å². The Balaban J connectivity index is 2.13. The number of carbonyl (C=O) groups is 1. The van der Waals surface area contributed by atoms with Gasteiger partial charge in [0.2, 0.25) is 0 Å². The minimum absolute atomic E-state index is 0.00849. The fourth-order valence-electron chi connectivity index (χ4n) is 2.66. The summed E-state index contributed by atoms with van der Waals surface area (Å²) in [4.78, 5) is 14.3. The Morgan fingerprint density at radius 3 is 2.58 bits per heavy atom. The lowest BCUT2D eigenvalue weighted by Gasteiger charge is -2.33. The van der Waals surface area contributed by atoms with Gasteiger partial charge in [-0.2, -0.15) is 0 Å². The molecule has 1 amide bonds. The normalized spacial score (nSPS) is 23.2. The summed E-state index contributed by atoms with van der Waals surface area (Å²) in [5.41, 5.74) is 7.44. The molecule has 1 aliphatic carbocycles. The Bertz CT molecular complexity index is 467. The van der Waals surface area contributed by atoms with Crippen molar-refractivity contribution in [3.8, 4) is 0 Å². The van der Waals surface area contributed by atoms with E-state index in [9.17, 15) is 4.79 Å². The van der Waals surface area contributed by atoms with Gasteiger partial charge >= 0.3 is 0 Å². The number of halogens is 1. The van der Waals surface area contributed by atoms with Gasteiger partial charge in [-0.05, 0) is 44.2 Å². The third-order valence-corrected chi connectivity index (χ3v) is 4.53. The lowest BCUT2D eigenvalue weighted by Crippen LogP contribution is -2.42. The van der Waals surface area contributed by atoms with Crippen molar-refractivity contribution in [3.63, 3.8) is 0 Å². The minimum atomic E-state index is 0.00849. The number of nitrogens with two attached hydrogens (primary N) is 1. The van der Waals surface area contributed by atoms with Crippen LogP contribution >= 0.6 is 11.6 Å². The summed E-state index contributed by atoms with van der Waals surface area (Å²) in [6.07, 6.45) is 3.94. The summed E-state index contributed by atoms with van der Waals surface area (Å²) in [7, 11) is 1.86. The lowest BCUT2D eigenvalue weighted by molar-refractivity contribution is 0.0690. The first kappa shape index (κ1) is 14.4. The molecule has 1 fully saturated rings. The van der Waals surface area contributed by atoms with E-state index >= 15 is 0 Å². The summed E-state index contributed by atoms with van der Waals surface area (Å²) in [5.74, 6) is 0.00849. The predicted octanol–water partition coefficient (Wildman–Crippen LogP) is 2.99. The SMILES string of the molecule is Cc1cccc(C(=O)N(C)C2CCC(N)CC2)c1Cl. The van der Waals surface area contributed by atoms with E-state index in [1.54, 1.807) is 6.07 Å². The Labute approximate surface area is 119 Å². The van der Waals surface area contributed by atoms with Crippen molar-refractivity contribution in [2.45, 2.75) is 44.7 Å². The second kappa shape index (κ2) is 5.93. The van der Waals surface area contributed by atoms with Gasteiger partial charge in [-0.3, -0.25) is 4.79 Å². The van der Waals surface area contributed by atoms with Crippen molar-refractivity contribution in [2.75, 3.05) is 7.05 Å². The van der Waals surface area contributed by atoms with Crippen LogP contribution < -0.4 is 5.73 Å². The first-order valence-electron chi connectivity index (χ1n) is 6.78. The van der Waals surface area contributed by atoms with Crippen LogP contribution in [0.4, 0.5) is 0 Å². The molecule has 104 valence electrons. The maximum Gasteiger partial charge on any atom is 0.255 e. The quantitative estimate of drug-likeness (QED) is 0.905. The van der Waals surface area contributed by atoms with Gasteiger partial charge in [0.05, 0.1) is 10.6 Å². The Kier molecular flexibility index (Phi) is 4.48. The van der Waals surface area contributed by atoms with Crippen LogP contribution in [0.3, 0.4) is 0 Å². The van der Waals surface area contributed by atoms with E-state index in [2.05, 4.69) is 0 Å². The summed E-state index contributed by atoms with van der Waals surface area (Å²) in [6, 6.07) is 6.16. The number of hydrogen-bond acceptors (Lipinski definition) is 2. The number of benzene rings is 1. The topological polar surface area (TPSA) is 46.3 Å². The first-order chi connectivity index (χ1) is 9.00. The van der Waals surface area contributed by atoms with Gasteiger partial charge < -0.3 is 10.6 Å². The molecule has 2 N–H and O–H groups in total. The average molecular weight is 281 g/mol. The van der Waals surface area contributed by atoms with Crippen LogP contribution in [0.2, 0.25) is 5.02 Å². The number of nitrogens with zero attached hydrogens (tertiary/aromatic N) is 1. The highest BCUT2D eigenvalue weighted by molar-refractivity contribution is 6.34. The molecule has 1 aromatic rings. The molecule has 1 saturated carbocycles. The molecule has 4 heteroatoms. The number of amides is 1. The molecule has 0 radical (unpaired) electrons. The van der Waals surface area contributed by atoms with Crippen LogP contribution in [-0.2, 0) is 0 Å². The summed E-state index contributed by atoms with van der Waals surface area (Å²) in [6.45, 7) is 1.92. The van der Waals surface area contributed by atoms with Crippen LogP contribution in [0.15, 0.2) is 18.2 Å². The highest BCUT2D eigenvalue weighted by atomic mass is 35.5. The van der Waals surface area contributed by atoms with Gasteiger partial charge in [0.1, 0.15) is 0 Å². The molecule has 0 unspecified atom stereocenters. The van der Waals surface area contributed by atoms with Crippen molar-refractivity contribution in [3.05, 3.63) is 34.3 Å². The monoisotopic (exact) mass is 280 g/mol. The van der Waals surface area contributed by atoms with Gasteiger partial charge in [-0.15, -0.1) is 0 Å². The zero-order valence-corrected chi connectivity index (χ0v) is 12.3. The van der Waals surface area contributed by atoms with E-state index < -0.39 is 0 Å². The number of rotatable bonds is 2. The Morgan fingerprint density at radius 1 is 1.32 bits per heavy atom. The molecule has 0 saturated heterocycles. The molecule has 1 aliphatic rings. The van der Waals surface area contributed by atoms with E-state index in [0.29, 0.717) is 16.6 Å². The van der Waals surface area contributed by atoms with E-state index in [-0.39, 0.29) is 11.9 Å². The summed E-state index contributed by atoms with van der Waals surface area (Å²) in [5, 5.41) is 0.562. The molecule has 0 heterocycles. The molecule has 19 heavy (non-hydrogen) atoms. The van der Waals surface area contributed by atoms with Gasteiger partial charge in [0, 0.05) is 19.1 Å². The highest BCUT2D eigenvalue weighted by Crippen LogP contribution is 2.26. The van der Waals surface area contributed by atoms with Gasteiger partial charge in [-0.1, -0.05) is 23.7 Å². The van der Waals surface area contributed by atoms with Crippen molar-refractivity contribution in [2.24, 2.45) is 5.73 Å². The molecule has 0 aliphatic heterocycles. The van der Waals surface area contributed by atoms with Gasteiger partial charge in [0.15, 0.2) is 0 Å². The van der Waals surface area contributed by atoms with E-state index in [0.717, 1.165) is 31.2 Å². The molecule has 0 aromatic heterocycles. The van der Waals surface area contributed by atoms with Gasteiger partial charge in [-0.25, -0.2) is 0 Å². The van der Waals surface area contributed by atoms with Crippen LogP contribution in [0.25, 0.3) is 0 Å². The van der Waals surface area contributed by atoms with Crippen molar-refractivity contribution >= 4 is 17.5 Å². The fourth-order valence-corrected chi connectivity index (χ4v) is 2.86. The smallest absolute Gasteiger partial charge is 0.255 e. The van der Waals surface area contributed by atoms with E-state index in [1.165, 1.54) is 0 Å². The Hall–Kier alpha value is -1.06. The van der Waals surface area contributed by atoms with E-state index in [4.69, 9.17) is 17.3 Å². The van der Waals surface area contributed by atoms with Crippen LogP contribution in [0.5, 0.6) is 0 Å². The first-order valence-corrected chi connectivity index (χ1v) is 7.16. The Morgan fingerprint density at radius 2 is 1.95 bits per heavy atom. The molecule has 3 nitrogen and oxygen atoms in total. The molecule has 0 atom stereocenters. The standard InChI is InChI=1S/C15H21ClN2O/c1-10-4-3-5-13(14(10)16)15(19)18(2)12-8-6-11(17)7-9-12/h3-5,11-12H,6-9,17H2,1-2H3. The highest BCUT2D eigenvalue weighted by Gasteiger charge is 2.26. The summed E-state index contributed by atoms with van der Waals surface area (Å²) >= 11 is 6.23. The maximum atomic E-state index is 12.5. The lowest BCUT2D eigenvalue weighted by atomic mass is 9.90. The predicted molar refractivity (Wildman–Crippen MR) is 78.5 cm³/mol. The number of hydrogen-bond donors (Lipinski definition) is 1. The maximum absolute atomic E-state index is 12.5. The zero-order chi connectivity index (χ0) is 14.0. The van der Waals surface area contributed by atoms with Gasteiger partial charge in [0.25, 0.3) is 5.91 Å². The molecule has 0 spiro atoms. The second-order valence-corrected chi connectivity index (χ2v) is 5.80. The average Bonchev–Trinajstić information content (AvgIpc) is 2.41. The minimum Gasteiger partial charge on any atom is -0.339 e. The molecule has 1 aromatic carbocycles. The molecule has 0 bridgehead atoms. The second-order valence-electron chi connectivity index (χ2n) is 5.42. The summed E-state index contributed by atoms with van der Waals surface area (Å²) < 4.78 is 0. The van der Waals surface area contributed by atoms with Crippen LogP contribution in [-0.4, -0.2) is 29.9 Å². The van der Waals surface area contributed by atoms with Crippen molar-refractivity contribution in [1.29, 1.82) is 0 Å². The van der Waals surface area contributed by atoms with Crippen molar-refractivity contribution in [1.82, 2.24) is 4.90 Å².